The van der Waals surface area contributed by atoms with Crippen molar-refractivity contribution in [1.82, 2.24) is 14.8 Å². The quantitative estimate of drug-likeness (QED) is 0.345. The van der Waals surface area contributed by atoms with Gasteiger partial charge in [-0.2, -0.15) is 0 Å². The number of hydrogen-bond donors (Lipinski definition) is 0. The summed E-state index contributed by atoms with van der Waals surface area (Å²) in [5.74, 6) is 0.605. The molecule has 1 heterocycles. The highest BCUT2D eigenvalue weighted by Gasteiger charge is 2.14. The third-order valence-electron chi connectivity index (χ3n) is 3.85. The first kappa shape index (κ1) is 18.8. The summed E-state index contributed by atoms with van der Waals surface area (Å²) in [4.78, 5) is 11.7. The van der Waals surface area contributed by atoms with Gasteiger partial charge in [0.05, 0.1) is 12.7 Å². The Morgan fingerprint density at radius 2 is 2.04 bits per heavy atom. The molecular formula is C20H18FN3O2S. The fourth-order valence-electron chi connectivity index (χ4n) is 2.56. The van der Waals surface area contributed by atoms with Gasteiger partial charge in [-0.05, 0) is 42.0 Å². The summed E-state index contributed by atoms with van der Waals surface area (Å²) in [7, 11) is 1.36. The monoisotopic (exact) mass is 383 g/mol. The number of methoxy groups -OCH3 is 1. The van der Waals surface area contributed by atoms with Crippen LogP contribution in [-0.2, 0) is 17.0 Å². The molecule has 0 amide bonds. The summed E-state index contributed by atoms with van der Waals surface area (Å²) < 4.78 is 19.9. The van der Waals surface area contributed by atoms with Gasteiger partial charge in [0, 0.05) is 17.9 Å². The van der Waals surface area contributed by atoms with E-state index in [9.17, 15) is 9.18 Å². The highest BCUT2D eigenvalue weighted by molar-refractivity contribution is 7.98. The number of allylic oxidation sites excluding steroid dienone is 1. The number of aromatic nitrogens is 3. The SMILES string of the molecule is C=CCn1c(SCc2cccc(C(=O)OC)c2)nnc1-c1ccc(F)cc1. The smallest absolute Gasteiger partial charge is 0.337 e. The molecular weight excluding hydrogens is 365 g/mol. The summed E-state index contributed by atoms with van der Waals surface area (Å²) in [6, 6.07) is 13.4. The second-order valence-corrected chi connectivity index (χ2v) is 6.64. The van der Waals surface area contributed by atoms with E-state index in [0.29, 0.717) is 23.7 Å². The van der Waals surface area contributed by atoms with Crippen LogP contribution in [0, 0.1) is 5.82 Å². The number of benzene rings is 2. The van der Waals surface area contributed by atoms with Gasteiger partial charge >= 0.3 is 5.97 Å². The maximum absolute atomic E-state index is 13.2. The Hall–Kier alpha value is -2.93. The average molecular weight is 383 g/mol. The summed E-state index contributed by atoms with van der Waals surface area (Å²) in [6.07, 6.45) is 1.76. The molecule has 2 aromatic carbocycles. The van der Waals surface area contributed by atoms with Crippen molar-refractivity contribution < 1.29 is 13.9 Å². The van der Waals surface area contributed by atoms with Gasteiger partial charge in [0.15, 0.2) is 11.0 Å². The zero-order valence-electron chi connectivity index (χ0n) is 14.8. The van der Waals surface area contributed by atoms with Crippen LogP contribution in [0.4, 0.5) is 4.39 Å². The van der Waals surface area contributed by atoms with Crippen molar-refractivity contribution in [2.24, 2.45) is 0 Å². The Morgan fingerprint density at radius 1 is 1.26 bits per heavy atom. The van der Waals surface area contributed by atoms with Gasteiger partial charge in [-0.15, -0.1) is 16.8 Å². The molecule has 0 aliphatic carbocycles. The van der Waals surface area contributed by atoms with E-state index in [2.05, 4.69) is 16.8 Å². The van der Waals surface area contributed by atoms with Crippen LogP contribution in [0.5, 0.6) is 0 Å². The second kappa shape index (κ2) is 8.64. The molecule has 0 spiro atoms. The molecule has 7 heteroatoms. The Labute approximate surface area is 160 Å². The van der Waals surface area contributed by atoms with Gasteiger partial charge in [0.1, 0.15) is 5.82 Å². The van der Waals surface area contributed by atoms with Crippen molar-refractivity contribution >= 4 is 17.7 Å². The third-order valence-corrected chi connectivity index (χ3v) is 4.88. The summed E-state index contributed by atoms with van der Waals surface area (Å²) >= 11 is 1.50. The molecule has 0 aliphatic rings. The normalized spacial score (nSPS) is 10.6. The standard InChI is InChI=1S/C20H18FN3O2S/c1-3-11-24-18(15-7-9-17(21)10-8-15)22-23-20(24)27-13-14-5-4-6-16(12-14)19(25)26-2/h3-10,12H,1,11,13H2,2H3. The highest BCUT2D eigenvalue weighted by atomic mass is 32.2. The lowest BCUT2D eigenvalue weighted by Gasteiger charge is -2.08. The first-order chi connectivity index (χ1) is 13.1. The van der Waals surface area contributed by atoms with E-state index in [0.717, 1.165) is 16.3 Å². The van der Waals surface area contributed by atoms with Crippen molar-refractivity contribution in [1.29, 1.82) is 0 Å². The average Bonchev–Trinajstić information content (AvgIpc) is 3.09. The third kappa shape index (κ3) is 4.43. The van der Waals surface area contributed by atoms with E-state index < -0.39 is 0 Å². The Kier molecular flexibility index (Phi) is 6.03. The Morgan fingerprint density at radius 3 is 2.74 bits per heavy atom. The van der Waals surface area contributed by atoms with E-state index in [1.54, 1.807) is 30.3 Å². The zero-order valence-corrected chi connectivity index (χ0v) is 15.6. The largest absolute Gasteiger partial charge is 0.465 e. The fraction of sp³-hybridized carbons (Fsp3) is 0.150. The molecule has 1 aromatic heterocycles. The van der Waals surface area contributed by atoms with Crippen molar-refractivity contribution in [3.8, 4) is 11.4 Å². The minimum Gasteiger partial charge on any atom is -0.465 e. The molecule has 5 nitrogen and oxygen atoms in total. The van der Waals surface area contributed by atoms with Crippen molar-refractivity contribution in [2.45, 2.75) is 17.5 Å². The minimum absolute atomic E-state index is 0.298. The van der Waals surface area contributed by atoms with E-state index in [1.807, 2.05) is 16.7 Å². The molecule has 3 rings (SSSR count). The van der Waals surface area contributed by atoms with E-state index in [-0.39, 0.29) is 11.8 Å². The van der Waals surface area contributed by atoms with Crippen LogP contribution in [0.1, 0.15) is 15.9 Å². The molecule has 0 saturated heterocycles. The van der Waals surface area contributed by atoms with E-state index in [4.69, 9.17) is 4.74 Å². The molecule has 0 N–H and O–H groups in total. The number of ether oxygens (including phenoxy) is 1. The fourth-order valence-corrected chi connectivity index (χ4v) is 3.45. The lowest BCUT2D eigenvalue weighted by molar-refractivity contribution is 0.0600. The first-order valence-corrected chi connectivity index (χ1v) is 9.21. The number of esters is 1. The predicted molar refractivity (Wildman–Crippen MR) is 103 cm³/mol. The molecule has 3 aromatic rings. The highest BCUT2D eigenvalue weighted by Crippen LogP contribution is 2.27. The Bertz CT molecular complexity index is 954. The molecule has 0 aliphatic heterocycles. The molecule has 138 valence electrons. The minimum atomic E-state index is -0.365. The van der Waals surface area contributed by atoms with Gasteiger partial charge in [0.25, 0.3) is 0 Å². The maximum atomic E-state index is 13.2. The van der Waals surface area contributed by atoms with Crippen LogP contribution in [0.3, 0.4) is 0 Å². The number of carbonyl (C=O) groups is 1. The summed E-state index contributed by atoms with van der Waals surface area (Å²) in [5, 5.41) is 9.24. The topological polar surface area (TPSA) is 57.0 Å². The van der Waals surface area contributed by atoms with Crippen molar-refractivity contribution in [3.05, 3.63) is 78.1 Å². The van der Waals surface area contributed by atoms with E-state index >= 15 is 0 Å². The van der Waals surface area contributed by atoms with Crippen LogP contribution in [-0.4, -0.2) is 27.8 Å². The number of carbonyl (C=O) groups excluding carboxylic acids is 1. The summed E-state index contributed by atoms with van der Waals surface area (Å²) in [5.41, 5.74) is 2.26. The number of halogens is 1. The van der Waals surface area contributed by atoms with Crippen molar-refractivity contribution in [2.75, 3.05) is 7.11 Å². The Balaban J connectivity index is 1.82. The maximum Gasteiger partial charge on any atom is 0.337 e. The van der Waals surface area contributed by atoms with Gasteiger partial charge in [-0.3, -0.25) is 4.57 Å². The van der Waals surface area contributed by atoms with Crippen LogP contribution < -0.4 is 0 Å². The first-order valence-electron chi connectivity index (χ1n) is 8.22. The number of rotatable bonds is 7. The second-order valence-electron chi connectivity index (χ2n) is 5.69. The number of hydrogen-bond acceptors (Lipinski definition) is 5. The van der Waals surface area contributed by atoms with Crippen LogP contribution in [0.2, 0.25) is 0 Å². The lowest BCUT2D eigenvalue weighted by Crippen LogP contribution is -2.02. The van der Waals surface area contributed by atoms with Crippen LogP contribution >= 0.6 is 11.8 Å². The molecule has 0 radical (unpaired) electrons. The van der Waals surface area contributed by atoms with Crippen LogP contribution in [0.15, 0.2) is 66.3 Å². The number of thioether (sulfide) groups is 1. The van der Waals surface area contributed by atoms with Gasteiger partial charge in [-0.25, -0.2) is 9.18 Å². The molecule has 0 saturated carbocycles. The van der Waals surface area contributed by atoms with Gasteiger partial charge in [0.2, 0.25) is 0 Å². The van der Waals surface area contributed by atoms with Gasteiger partial charge in [-0.1, -0.05) is 30.0 Å². The van der Waals surface area contributed by atoms with Gasteiger partial charge < -0.3 is 4.74 Å². The molecule has 0 atom stereocenters. The van der Waals surface area contributed by atoms with Crippen LogP contribution in [0.25, 0.3) is 11.4 Å². The molecule has 27 heavy (non-hydrogen) atoms. The molecule has 0 unspecified atom stereocenters. The van der Waals surface area contributed by atoms with E-state index in [1.165, 1.54) is 31.0 Å². The molecule has 0 fully saturated rings. The lowest BCUT2D eigenvalue weighted by atomic mass is 10.1. The number of nitrogens with zero attached hydrogens (tertiary/aromatic N) is 3. The predicted octanol–water partition coefficient (Wildman–Crippen LogP) is 4.35. The van der Waals surface area contributed by atoms with Crippen molar-refractivity contribution in [3.63, 3.8) is 0 Å². The summed E-state index contributed by atoms with van der Waals surface area (Å²) in [6.45, 7) is 4.32. The zero-order chi connectivity index (χ0) is 19.2. The molecule has 0 bridgehead atoms.